The number of rotatable bonds is 2. The Kier molecular flexibility index (Phi) is 7.24. The van der Waals surface area contributed by atoms with Gasteiger partial charge in [-0.05, 0) is 31.9 Å². The van der Waals surface area contributed by atoms with E-state index in [0.717, 1.165) is 0 Å². The van der Waals surface area contributed by atoms with Crippen molar-refractivity contribution in [2.75, 3.05) is 25.7 Å². The number of nitrogens with zero attached hydrogens (tertiary/aromatic N) is 4. The molecule has 24 heavy (non-hydrogen) atoms. The van der Waals surface area contributed by atoms with Gasteiger partial charge >= 0.3 is 0 Å². The van der Waals surface area contributed by atoms with Crippen LogP contribution in [0.2, 0.25) is 0 Å². The van der Waals surface area contributed by atoms with Gasteiger partial charge in [0.05, 0.1) is 23.2 Å². The lowest BCUT2D eigenvalue weighted by atomic mass is 10.2. The van der Waals surface area contributed by atoms with E-state index in [1.807, 2.05) is 12.1 Å². The molecule has 0 saturated carbocycles. The minimum Gasteiger partial charge on any atom is -0.494 e. The summed E-state index contributed by atoms with van der Waals surface area (Å²) in [5.41, 5.74) is 11.4. The van der Waals surface area contributed by atoms with E-state index in [4.69, 9.17) is 31.5 Å². The van der Waals surface area contributed by atoms with E-state index in [-0.39, 0.29) is 22.8 Å². The third-order valence-corrected chi connectivity index (χ3v) is 3.80. The van der Waals surface area contributed by atoms with Gasteiger partial charge in [0.1, 0.15) is 34.9 Å². The predicted octanol–water partition coefficient (Wildman–Crippen LogP) is 2.61. The average Bonchev–Trinajstić information content (AvgIpc) is 2.58. The number of aromatic nitrogens is 2. The van der Waals surface area contributed by atoms with Crippen LogP contribution in [0.5, 0.6) is 11.5 Å². The van der Waals surface area contributed by atoms with Crippen molar-refractivity contribution < 1.29 is 9.47 Å². The third-order valence-electron chi connectivity index (χ3n) is 2.67. The maximum Gasteiger partial charge on any atom is 0.156 e. The third kappa shape index (κ3) is 4.25. The van der Waals surface area contributed by atoms with Gasteiger partial charge in [-0.3, -0.25) is 0 Å². The topological polar surface area (TPSA) is 144 Å². The minimum atomic E-state index is 0.178. The molecule has 0 atom stereocenters. The Bertz CT molecular complexity index is 760. The number of nitrogen functional groups attached to an aromatic ring is 2. The first-order chi connectivity index (χ1) is 11.4. The molecule has 0 aliphatic carbocycles. The molecule has 0 fully saturated rings. The highest BCUT2D eigenvalue weighted by Crippen LogP contribution is 2.30. The lowest BCUT2D eigenvalue weighted by Gasteiger charge is -2.05. The maximum absolute atomic E-state index is 8.68. The van der Waals surface area contributed by atoms with Crippen LogP contribution in [0.15, 0.2) is 21.3 Å². The number of anilines is 2. The smallest absolute Gasteiger partial charge is 0.156 e. The van der Waals surface area contributed by atoms with Crippen LogP contribution >= 0.6 is 31.9 Å². The highest BCUT2D eigenvalue weighted by Gasteiger charge is 2.11. The fourth-order valence-corrected chi connectivity index (χ4v) is 2.51. The molecule has 8 nitrogen and oxygen atoms in total. The lowest BCUT2D eigenvalue weighted by Crippen LogP contribution is -1.98. The SMILES string of the molecule is COc1c(Br)cnc(N)c1C#N.COc1c(Br)cnc(N)c1C#N. The minimum absolute atomic E-state index is 0.178. The Morgan fingerprint density at radius 2 is 1.21 bits per heavy atom. The summed E-state index contributed by atoms with van der Waals surface area (Å²) in [6, 6.07) is 3.83. The van der Waals surface area contributed by atoms with Gasteiger partial charge in [-0.1, -0.05) is 0 Å². The van der Waals surface area contributed by atoms with Crippen LogP contribution in [0.4, 0.5) is 11.6 Å². The summed E-state index contributed by atoms with van der Waals surface area (Å²) in [6.07, 6.45) is 2.99. The van der Waals surface area contributed by atoms with Gasteiger partial charge in [-0.15, -0.1) is 0 Å². The molecule has 0 aliphatic heterocycles. The first kappa shape index (κ1) is 19.5. The van der Waals surface area contributed by atoms with Gasteiger partial charge in [-0.25, -0.2) is 9.97 Å². The Morgan fingerprint density at radius 1 is 0.875 bits per heavy atom. The second-order valence-electron chi connectivity index (χ2n) is 4.02. The zero-order valence-corrected chi connectivity index (χ0v) is 15.8. The molecule has 0 unspecified atom stereocenters. The van der Waals surface area contributed by atoms with Crippen molar-refractivity contribution in [1.29, 1.82) is 10.5 Å². The molecular weight excluding hydrogens is 444 g/mol. The normalized spacial score (nSPS) is 9.08. The summed E-state index contributed by atoms with van der Waals surface area (Å²) in [7, 11) is 2.95. The zero-order chi connectivity index (χ0) is 18.3. The van der Waals surface area contributed by atoms with Crippen LogP contribution < -0.4 is 20.9 Å². The predicted molar refractivity (Wildman–Crippen MR) is 95.2 cm³/mol. The number of nitriles is 2. The van der Waals surface area contributed by atoms with Crippen LogP contribution in [0.25, 0.3) is 0 Å². The Balaban J connectivity index is 0.000000240. The molecule has 4 N–H and O–H groups in total. The van der Waals surface area contributed by atoms with E-state index >= 15 is 0 Å². The van der Waals surface area contributed by atoms with Crippen molar-refractivity contribution in [3.63, 3.8) is 0 Å². The van der Waals surface area contributed by atoms with Crippen molar-refractivity contribution in [2.24, 2.45) is 0 Å². The summed E-state index contributed by atoms with van der Waals surface area (Å²) < 4.78 is 11.2. The van der Waals surface area contributed by atoms with Crippen LogP contribution in [0.3, 0.4) is 0 Å². The molecule has 0 aliphatic rings. The van der Waals surface area contributed by atoms with E-state index in [9.17, 15) is 0 Å². The van der Waals surface area contributed by atoms with Gasteiger partial charge in [0.15, 0.2) is 11.5 Å². The molecule has 0 spiro atoms. The molecule has 0 amide bonds. The fourth-order valence-electron chi connectivity index (χ4n) is 1.59. The fraction of sp³-hybridized carbons (Fsp3) is 0.143. The first-order valence-electron chi connectivity index (χ1n) is 6.17. The number of halogens is 2. The largest absolute Gasteiger partial charge is 0.494 e. The molecule has 0 radical (unpaired) electrons. The van der Waals surface area contributed by atoms with E-state index in [0.29, 0.717) is 20.4 Å². The molecule has 0 aromatic carbocycles. The molecule has 2 aromatic rings. The first-order valence-corrected chi connectivity index (χ1v) is 7.75. The molecule has 10 heteroatoms. The quantitative estimate of drug-likeness (QED) is 0.702. The number of pyridine rings is 2. The number of hydrogen-bond donors (Lipinski definition) is 2. The van der Waals surface area contributed by atoms with Crippen LogP contribution in [0.1, 0.15) is 11.1 Å². The average molecular weight is 456 g/mol. The van der Waals surface area contributed by atoms with Crippen LogP contribution in [0, 0.1) is 22.7 Å². The monoisotopic (exact) mass is 454 g/mol. The Labute approximate surface area is 155 Å². The summed E-state index contributed by atoms with van der Waals surface area (Å²) in [6.45, 7) is 0. The molecule has 2 aromatic heterocycles. The van der Waals surface area contributed by atoms with Crippen molar-refractivity contribution in [3.05, 3.63) is 32.5 Å². The van der Waals surface area contributed by atoms with Crippen molar-refractivity contribution >= 4 is 43.5 Å². The number of nitrogens with two attached hydrogens (primary N) is 2. The highest BCUT2D eigenvalue weighted by atomic mass is 79.9. The molecule has 2 heterocycles. The Morgan fingerprint density at radius 3 is 1.42 bits per heavy atom. The standard InChI is InChI=1S/2C7H6BrN3O/c2*1-12-6-4(2-9)7(10)11-3-5(6)8/h2*3H,1H3,(H2,10,11). The van der Waals surface area contributed by atoms with Crippen LogP contribution in [-0.4, -0.2) is 24.2 Å². The van der Waals surface area contributed by atoms with Crippen molar-refractivity contribution in [1.82, 2.24) is 9.97 Å². The highest BCUT2D eigenvalue weighted by molar-refractivity contribution is 9.10. The van der Waals surface area contributed by atoms with Gasteiger partial charge in [-0.2, -0.15) is 10.5 Å². The van der Waals surface area contributed by atoms with Gasteiger partial charge in [0.2, 0.25) is 0 Å². The molecule has 2 rings (SSSR count). The molecule has 0 saturated heterocycles. The van der Waals surface area contributed by atoms with Gasteiger partial charge in [0.25, 0.3) is 0 Å². The van der Waals surface area contributed by atoms with E-state index in [1.165, 1.54) is 26.6 Å². The zero-order valence-electron chi connectivity index (χ0n) is 12.7. The second kappa shape index (κ2) is 8.91. The van der Waals surface area contributed by atoms with E-state index in [2.05, 4.69) is 41.8 Å². The molecular formula is C14H12Br2N6O2. The summed E-state index contributed by atoms with van der Waals surface area (Å²) in [5.74, 6) is 1.20. The van der Waals surface area contributed by atoms with Crippen LogP contribution in [-0.2, 0) is 0 Å². The summed E-state index contributed by atoms with van der Waals surface area (Å²) >= 11 is 6.38. The number of methoxy groups -OCH3 is 2. The van der Waals surface area contributed by atoms with Gasteiger partial charge < -0.3 is 20.9 Å². The Hall–Kier alpha value is -2.56. The second-order valence-corrected chi connectivity index (χ2v) is 5.73. The molecule has 0 bridgehead atoms. The van der Waals surface area contributed by atoms with Crippen molar-refractivity contribution in [2.45, 2.75) is 0 Å². The van der Waals surface area contributed by atoms with Gasteiger partial charge in [0, 0.05) is 12.4 Å². The molecule has 124 valence electrons. The summed E-state index contributed by atoms with van der Waals surface area (Å²) in [4.78, 5) is 7.57. The van der Waals surface area contributed by atoms with E-state index < -0.39 is 0 Å². The van der Waals surface area contributed by atoms with Crippen molar-refractivity contribution in [3.8, 4) is 23.6 Å². The summed E-state index contributed by atoms with van der Waals surface area (Å²) in [5, 5.41) is 17.4. The number of ether oxygens (including phenoxy) is 2. The van der Waals surface area contributed by atoms with E-state index in [1.54, 1.807) is 0 Å². The number of hydrogen-bond acceptors (Lipinski definition) is 8. The lowest BCUT2D eigenvalue weighted by molar-refractivity contribution is 0.410. The maximum atomic E-state index is 8.68.